The molecule has 0 rings (SSSR count). The van der Waals surface area contributed by atoms with Crippen molar-refractivity contribution in [2.75, 3.05) is 6.61 Å². The van der Waals surface area contributed by atoms with Gasteiger partial charge in [0, 0.05) is 0 Å². The minimum atomic E-state index is -4.74. The third kappa shape index (κ3) is 8.94. The summed E-state index contributed by atoms with van der Waals surface area (Å²) >= 11 is 0. The Morgan fingerprint density at radius 2 is 1.75 bits per heavy atom. The van der Waals surface area contributed by atoms with Gasteiger partial charge in [0.2, 0.25) is 0 Å². The van der Waals surface area contributed by atoms with E-state index in [0.29, 0.717) is 0 Å². The molecule has 1 atom stereocenters. The zero-order valence-electron chi connectivity index (χ0n) is 7.34. The molecule has 0 aliphatic heterocycles. The van der Waals surface area contributed by atoms with Crippen LogP contribution >= 0.6 is 0 Å². The van der Waals surface area contributed by atoms with Crippen LogP contribution in [0.15, 0.2) is 0 Å². The van der Waals surface area contributed by atoms with Gasteiger partial charge < -0.3 is 9.84 Å². The monoisotopic (exact) mass is 274 g/mol. The Labute approximate surface area is 137 Å². The number of rotatable bonds is 5. The first-order chi connectivity index (χ1) is 6.29. The van der Waals surface area contributed by atoms with Crippen LogP contribution in [-0.2, 0) is 24.4 Å². The second-order valence-electron chi connectivity index (χ2n) is 2.35. The molecular formula is C6H12Na2O7S. The summed E-state index contributed by atoms with van der Waals surface area (Å²) in [4.78, 5) is 21.1. The van der Waals surface area contributed by atoms with Crippen molar-refractivity contribution in [2.45, 2.75) is 18.6 Å². The summed E-state index contributed by atoms with van der Waals surface area (Å²) in [5.41, 5.74) is 0. The summed E-state index contributed by atoms with van der Waals surface area (Å²) in [5.74, 6) is -2.78. The number of hydrogen-bond donors (Lipinski definition) is 2. The van der Waals surface area contributed by atoms with Gasteiger partial charge in [-0.3, -0.25) is 14.1 Å². The molecule has 0 fully saturated rings. The van der Waals surface area contributed by atoms with E-state index in [9.17, 15) is 18.0 Å². The third-order valence-electron chi connectivity index (χ3n) is 1.27. The van der Waals surface area contributed by atoms with Gasteiger partial charge in [-0.2, -0.15) is 8.42 Å². The first-order valence-corrected chi connectivity index (χ1v) is 5.14. The van der Waals surface area contributed by atoms with Crippen LogP contribution in [-0.4, -0.2) is 101 Å². The van der Waals surface area contributed by atoms with Gasteiger partial charge in [-0.05, 0) is 6.92 Å². The predicted molar refractivity (Wildman–Crippen MR) is 58.5 cm³/mol. The third-order valence-corrected chi connectivity index (χ3v) is 2.35. The first-order valence-electron chi connectivity index (χ1n) is 3.63. The maximum absolute atomic E-state index is 10.9. The second-order valence-corrected chi connectivity index (χ2v) is 3.95. The topological polar surface area (TPSA) is 118 Å². The number of esters is 1. The molecule has 0 saturated carbocycles. The molecule has 0 aromatic carbocycles. The van der Waals surface area contributed by atoms with Crippen LogP contribution in [0.4, 0.5) is 0 Å². The molecule has 0 radical (unpaired) electrons. The number of ether oxygens (including phenoxy) is 1. The van der Waals surface area contributed by atoms with Crippen molar-refractivity contribution < 1.29 is 32.4 Å². The van der Waals surface area contributed by atoms with E-state index < -0.39 is 33.7 Å². The quantitative estimate of drug-likeness (QED) is 0.337. The van der Waals surface area contributed by atoms with Crippen LogP contribution < -0.4 is 0 Å². The summed E-state index contributed by atoms with van der Waals surface area (Å²) in [6, 6.07) is 0. The molecule has 0 heterocycles. The van der Waals surface area contributed by atoms with Crippen LogP contribution in [0.3, 0.4) is 0 Å². The number of aliphatic carboxylic acids is 1. The van der Waals surface area contributed by atoms with Gasteiger partial charge in [0.05, 0.1) is 13.0 Å². The molecule has 0 aliphatic carbocycles. The van der Waals surface area contributed by atoms with E-state index in [-0.39, 0.29) is 65.7 Å². The van der Waals surface area contributed by atoms with Crippen molar-refractivity contribution in [1.82, 2.24) is 0 Å². The fraction of sp³-hybridized carbons (Fsp3) is 0.667. The van der Waals surface area contributed by atoms with Gasteiger partial charge in [-0.15, -0.1) is 0 Å². The average Bonchev–Trinajstić information content (AvgIpc) is 1.98. The Balaban J connectivity index is -0.000000845. The Morgan fingerprint density at radius 3 is 2.00 bits per heavy atom. The Hall–Kier alpha value is 0.850. The average molecular weight is 274 g/mol. The molecule has 0 bridgehead atoms. The van der Waals surface area contributed by atoms with Crippen LogP contribution in [0.5, 0.6) is 0 Å². The number of carboxylic acids is 1. The standard InChI is InChI=1S/C6H10O7S.2Na.2H/c1-2-13-6(9)4(3-5(7)8)14(10,11)12;;;;/h4H,2-3H2,1H3,(H,7,8)(H,10,11,12);;;;. The molecule has 0 amide bonds. The zero-order valence-corrected chi connectivity index (χ0v) is 8.15. The van der Waals surface area contributed by atoms with E-state index in [0.717, 1.165) is 0 Å². The van der Waals surface area contributed by atoms with Crippen molar-refractivity contribution >= 4 is 81.2 Å². The molecule has 0 aromatic heterocycles. The Kier molecular flexibility index (Phi) is 13.6. The molecule has 0 saturated heterocycles. The van der Waals surface area contributed by atoms with Crippen LogP contribution in [0.25, 0.3) is 0 Å². The number of carbonyl (C=O) groups is 2. The molecule has 0 aromatic rings. The van der Waals surface area contributed by atoms with Gasteiger partial charge in [0.1, 0.15) is 0 Å². The van der Waals surface area contributed by atoms with E-state index in [1.165, 1.54) is 6.92 Å². The Morgan fingerprint density at radius 1 is 1.31 bits per heavy atom. The van der Waals surface area contributed by atoms with Gasteiger partial charge in [-0.1, -0.05) is 0 Å². The number of carbonyl (C=O) groups excluding carboxylic acids is 1. The normalized spacial score (nSPS) is 11.6. The Bertz CT molecular complexity index is 326. The molecule has 0 aliphatic rings. The van der Waals surface area contributed by atoms with Crippen molar-refractivity contribution in [1.29, 1.82) is 0 Å². The van der Waals surface area contributed by atoms with Crippen LogP contribution in [0.1, 0.15) is 13.3 Å². The van der Waals surface area contributed by atoms with Gasteiger partial charge in [0.25, 0.3) is 10.1 Å². The van der Waals surface area contributed by atoms with Crippen molar-refractivity contribution in [3.63, 3.8) is 0 Å². The van der Waals surface area contributed by atoms with Gasteiger partial charge in [0.15, 0.2) is 5.25 Å². The maximum atomic E-state index is 10.9. The van der Waals surface area contributed by atoms with Crippen molar-refractivity contribution in [2.24, 2.45) is 0 Å². The predicted octanol–water partition coefficient (Wildman–Crippen LogP) is -2.02. The van der Waals surface area contributed by atoms with Gasteiger partial charge >= 0.3 is 71.1 Å². The van der Waals surface area contributed by atoms with Crippen molar-refractivity contribution in [3.05, 3.63) is 0 Å². The molecule has 10 heteroatoms. The van der Waals surface area contributed by atoms with Gasteiger partial charge in [-0.25, -0.2) is 0 Å². The summed E-state index contributed by atoms with van der Waals surface area (Å²) in [6.45, 7) is 1.34. The molecule has 1 unspecified atom stereocenters. The molecule has 7 nitrogen and oxygen atoms in total. The number of hydrogen-bond acceptors (Lipinski definition) is 5. The minimum absolute atomic E-state index is 0. The van der Waals surface area contributed by atoms with Crippen LogP contribution in [0, 0.1) is 0 Å². The molecule has 86 valence electrons. The zero-order chi connectivity index (χ0) is 11.4. The molecule has 2 N–H and O–H groups in total. The van der Waals surface area contributed by atoms with E-state index in [1.807, 2.05) is 0 Å². The van der Waals surface area contributed by atoms with E-state index in [2.05, 4.69) is 4.74 Å². The van der Waals surface area contributed by atoms with Crippen LogP contribution in [0.2, 0.25) is 0 Å². The first kappa shape index (κ1) is 22.1. The van der Waals surface area contributed by atoms with Crippen molar-refractivity contribution in [3.8, 4) is 0 Å². The van der Waals surface area contributed by atoms with E-state index in [1.54, 1.807) is 0 Å². The summed E-state index contributed by atoms with van der Waals surface area (Å²) in [6.07, 6.45) is -1.02. The number of carboxylic acid groups (broad SMARTS) is 1. The fourth-order valence-corrected chi connectivity index (χ4v) is 1.37. The summed E-state index contributed by atoms with van der Waals surface area (Å²) in [5, 5.41) is 6.23. The SMILES string of the molecule is CCOC(=O)C(CC(=O)O)S(=O)(=O)O.[NaH].[NaH]. The fourth-order valence-electron chi connectivity index (χ4n) is 0.704. The summed E-state index contributed by atoms with van der Waals surface area (Å²) in [7, 11) is -4.74. The summed E-state index contributed by atoms with van der Waals surface area (Å²) < 4.78 is 34.0. The molecular weight excluding hydrogens is 262 g/mol. The molecule has 0 spiro atoms. The van der Waals surface area contributed by atoms with E-state index in [4.69, 9.17) is 9.66 Å². The molecule has 16 heavy (non-hydrogen) atoms. The second kappa shape index (κ2) is 9.84. The van der Waals surface area contributed by atoms with E-state index >= 15 is 0 Å².